The van der Waals surface area contributed by atoms with Crippen LogP contribution >= 0.6 is 0 Å². The van der Waals surface area contributed by atoms with Crippen molar-refractivity contribution in [2.75, 3.05) is 52.9 Å². The van der Waals surface area contributed by atoms with Crippen LogP contribution in [0.1, 0.15) is 83.0 Å². The zero-order valence-corrected chi connectivity index (χ0v) is 32.9. The minimum Gasteiger partial charge on any atom is -0.454 e. The average molecular weight is 769 g/mol. The van der Waals surface area contributed by atoms with Gasteiger partial charge >= 0.3 is 5.69 Å². The fourth-order valence-electron chi connectivity index (χ4n) is 7.94. The molecular formula is C39H56N6O10+2. The summed E-state index contributed by atoms with van der Waals surface area (Å²) in [5.74, 6) is 1.85. The van der Waals surface area contributed by atoms with Gasteiger partial charge in [-0.25, -0.2) is 4.79 Å². The molecule has 3 aromatic rings. The summed E-state index contributed by atoms with van der Waals surface area (Å²) in [6, 6.07) is 7.91. The fourth-order valence-corrected chi connectivity index (χ4v) is 7.94. The molecule has 0 aliphatic carbocycles. The van der Waals surface area contributed by atoms with Crippen molar-refractivity contribution in [2.24, 2.45) is 0 Å². The van der Waals surface area contributed by atoms with E-state index in [2.05, 4.69) is 27.7 Å². The lowest BCUT2D eigenvalue weighted by atomic mass is 10.1. The summed E-state index contributed by atoms with van der Waals surface area (Å²) in [6.07, 6.45) is 4.79. The van der Waals surface area contributed by atoms with Crippen LogP contribution in [0.3, 0.4) is 0 Å². The Balaban J connectivity index is 1.14. The van der Waals surface area contributed by atoms with Gasteiger partial charge in [0.05, 0.1) is 72.4 Å². The lowest BCUT2D eigenvalue weighted by Gasteiger charge is -2.37. The van der Waals surface area contributed by atoms with Gasteiger partial charge in [0.15, 0.2) is 23.0 Å². The van der Waals surface area contributed by atoms with E-state index in [0.717, 1.165) is 71.4 Å². The molecule has 2 aromatic carbocycles. The molecule has 16 heteroatoms. The summed E-state index contributed by atoms with van der Waals surface area (Å²) >= 11 is 0. The Bertz CT molecular complexity index is 1970. The molecule has 16 nitrogen and oxygen atoms in total. The Labute approximate surface area is 321 Å². The number of nitrogens with zero attached hydrogens (tertiary/aromatic N) is 6. The van der Waals surface area contributed by atoms with Gasteiger partial charge in [0.1, 0.15) is 13.1 Å². The van der Waals surface area contributed by atoms with Gasteiger partial charge in [-0.3, -0.25) is 34.2 Å². The molecule has 2 aliphatic rings. The van der Waals surface area contributed by atoms with E-state index in [0.29, 0.717) is 81.4 Å². The van der Waals surface area contributed by atoms with E-state index >= 15 is 0 Å². The third-order valence-electron chi connectivity index (χ3n) is 11.8. The van der Waals surface area contributed by atoms with Gasteiger partial charge in [-0.05, 0) is 85.3 Å². The Morgan fingerprint density at radius 2 is 1.00 bits per heavy atom. The van der Waals surface area contributed by atoms with Crippen LogP contribution in [0.5, 0.6) is 23.0 Å². The maximum atomic E-state index is 13.6. The Kier molecular flexibility index (Phi) is 13.6. The van der Waals surface area contributed by atoms with E-state index in [-0.39, 0.29) is 46.1 Å². The highest BCUT2D eigenvalue weighted by Crippen LogP contribution is 2.40. The third kappa shape index (κ3) is 9.47. The Morgan fingerprint density at radius 1 is 0.600 bits per heavy atom. The lowest BCUT2D eigenvalue weighted by molar-refractivity contribution is -0.938. The number of nitro groups is 2. The molecule has 0 saturated heterocycles. The molecular weight excluding hydrogens is 712 g/mol. The highest BCUT2D eigenvalue weighted by molar-refractivity contribution is 5.56. The number of fused-ring (bicyclic) bond motifs is 2. The largest absolute Gasteiger partial charge is 0.454 e. The molecule has 0 unspecified atom stereocenters. The molecule has 0 N–H and O–H groups in total. The van der Waals surface area contributed by atoms with Crippen molar-refractivity contribution in [3.8, 4) is 23.0 Å². The van der Waals surface area contributed by atoms with Gasteiger partial charge in [0.2, 0.25) is 13.6 Å². The zero-order valence-electron chi connectivity index (χ0n) is 32.9. The highest BCUT2D eigenvalue weighted by atomic mass is 16.7. The normalized spacial score (nSPS) is 13.4. The van der Waals surface area contributed by atoms with Crippen LogP contribution in [0.4, 0.5) is 11.4 Å². The SMILES string of the molecule is CC[N+](CC)(CCCCCn1c(C)cc(=O)n(CCCCC[N+](CC)(CC)Cc2cc3c(cc2[N+](=O)[O-])OCO3)c1=O)Cc1cc2c(cc1[N+](=O)[O-])OCO2. The first-order chi connectivity index (χ1) is 26.4. The van der Waals surface area contributed by atoms with Crippen LogP contribution in [0.25, 0.3) is 0 Å². The van der Waals surface area contributed by atoms with Crippen LogP contribution in [0.2, 0.25) is 0 Å². The van der Waals surface area contributed by atoms with Crippen LogP contribution in [-0.2, 0) is 26.2 Å². The minimum atomic E-state index is -0.368. The lowest BCUT2D eigenvalue weighted by Crippen LogP contribution is -2.47. The molecule has 0 fully saturated rings. The van der Waals surface area contributed by atoms with Crippen molar-refractivity contribution in [3.05, 3.63) is 88.2 Å². The maximum Gasteiger partial charge on any atom is 0.331 e. The average Bonchev–Trinajstić information content (AvgIpc) is 3.84. The van der Waals surface area contributed by atoms with Gasteiger partial charge in [-0.2, -0.15) is 0 Å². The highest BCUT2D eigenvalue weighted by Gasteiger charge is 2.32. The first-order valence-electron chi connectivity index (χ1n) is 19.5. The molecule has 300 valence electrons. The van der Waals surface area contributed by atoms with E-state index in [1.807, 2.05) is 0 Å². The molecule has 0 saturated carbocycles. The van der Waals surface area contributed by atoms with E-state index in [1.54, 1.807) is 23.6 Å². The summed E-state index contributed by atoms with van der Waals surface area (Å²) in [4.78, 5) is 49.6. The molecule has 0 amide bonds. The second kappa shape index (κ2) is 18.1. The molecule has 1 aromatic heterocycles. The van der Waals surface area contributed by atoms with Crippen LogP contribution in [-0.4, -0.2) is 80.8 Å². The van der Waals surface area contributed by atoms with Crippen molar-refractivity contribution in [1.82, 2.24) is 9.13 Å². The van der Waals surface area contributed by atoms with Crippen molar-refractivity contribution in [1.29, 1.82) is 0 Å². The van der Waals surface area contributed by atoms with Crippen molar-refractivity contribution in [3.63, 3.8) is 0 Å². The number of quaternary nitrogens is 2. The van der Waals surface area contributed by atoms with Crippen LogP contribution in [0.15, 0.2) is 39.9 Å². The first kappa shape index (κ1) is 41.2. The van der Waals surface area contributed by atoms with E-state index in [1.165, 1.54) is 22.8 Å². The number of hydrogen-bond acceptors (Lipinski definition) is 10. The quantitative estimate of drug-likeness (QED) is 0.0508. The number of hydrogen-bond donors (Lipinski definition) is 0. The Morgan fingerprint density at radius 3 is 1.40 bits per heavy atom. The molecule has 3 heterocycles. The summed E-state index contributed by atoms with van der Waals surface area (Å²) in [6.45, 7) is 16.9. The van der Waals surface area contributed by atoms with Gasteiger partial charge in [0, 0.05) is 24.8 Å². The molecule has 2 aliphatic heterocycles. The monoisotopic (exact) mass is 768 g/mol. The van der Waals surface area contributed by atoms with Gasteiger partial charge in [-0.15, -0.1) is 0 Å². The summed E-state index contributed by atoms with van der Waals surface area (Å²) in [5.41, 5.74) is 1.36. The third-order valence-corrected chi connectivity index (χ3v) is 11.8. The fraction of sp³-hybridized carbons (Fsp3) is 0.590. The van der Waals surface area contributed by atoms with Gasteiger partial charge in [-0.1, -0.05) is 0 Å². The molecule has 5 rings (SSSR count). The van der Waals surface area contributed by atoms with Crippen molar-refractivity contribution >= 4 is 11.4 Å². The summed E-state index contributed by atoms with van der Waals surface area (Å²) in [7, 11) is 0. The number of ether oxygens (including phenoxy) is 4. The van der Waals surface area contributed by atoms with E-state index < -0.39 is 0 Å². The smallest absolute Gasteiger partial charge is 0.331 e. The van der Waals surface area contributed by atoms with Crippen LogP contribution < -0.4 is 30.2 Å². The maximum absolute atomic E-state index is 13.6. The summed E-state index contributed by atoms with van der Waals surface area (Å²) < 4.78 is 26.1. The van der Waals surface area contributed by atoms with E-state index in [4.69, 9.17) is 18.9 Å². The number of aryl methyl sites for hydroxylation is 1. The molecule has 0 spiro atoms. The van der Waals surface area contributed by atoms with Crippen molar-refractivity contribution < 1.29 is 37.8 Å². The molecule has 0 bridgehead atoms. The standard InChI is InChI=1S/C39H56N6O10/c1-6-44(7-2,25-30-21-34-36(54-27-52-34)23-32(30)42(48)49)18-14-10-12-16-40-29(5)20-38(46)41(39(40)47)17-13-11-15-19-45(8-3,9-4)26-31-22-35-37(55-28-53-35)24-33(31)43(50)51/h20-24H,6-19,25-28H2,1-5H3/q+2. The predicted molar refractivity (Wildman–Crippen MR) is 206 cm³/mol. The topological polar surface area (TPSA) is 167 Å². The predicted octanol–water partition coefficient (Wildman–Crippen LogP) is 6.05. The van der Waals surface area contributed by atoms with Crippen LogP contribution in [0, 0.1) is 27.2 Å². The van der Waals surface area contributed by atoms with E-state index in [9.17, 15) is 29.8 Å². The van der Waals surface area contributed by atoms with Crippen molar-refractivity contribution in [2.45, 2.75) is 99.3 Å². The minimum absolute atomic E-state index is 0.0313. The molecule has 55 heavy (non-hydrogen) atoms. The molecule has 0 atom stereocenters. The number of rotatable bonds is 22. The number of unbranched alkanes of at least 4 members (excludes halogenated alkanes) is 4. The molecule has 0 radical (unpaired) electrons. The number of nitro benzene ring substituents is 2. The van der Waals surface area contributed by atoms with Gasteiger partial charge < -0.3 is 27.9 Å². The number of benzene rings is 2. The Hall–Kier alpha value is -4.96. The first-order valence-corrected chi connectivity index (χ1v) is 19.5. The zero-order chi connectivity index (χ0) is 39.8. The summed E-state index contributed by atoms with van der Waals surface area (Å²) in [5, 5.41) is 23.8. The second-order valence-corrected chi connectivity index (χ2v) is 14.7. The number of aromatic nitrogens is 2. The second-order valence-electron chi connectivity index (χ2n) is 14.7. The van der Waals surface area contributed by atoms with Gasteiger partial charge in [0.25, 0.3) is 16.9 Å².